The van der Waals surface area contributed by atoms with Gasteiger partial charge in [-0.15, -0.1) is 0 Å². The van der Waals surface area contributed by atoms with Crippen LogP contribution in [0.25, 0.3) is 0 Å². The Morgan fingerprint density at radius 2 is 1.59 bits per heavy atom. The molecule has 17 heteroatoms. The zero-order chi connectivity index (χ0) is 35.9. The Hall–Kier alpha value is -4.99. The van der Waals surface area contributed by atoms with Gasteiger partial charge in [-0.1, -0.05) is 23.7 Å². The lowest BCUT2D eigenvalue weighted by atomic mass is 10.1. The van der Waals surface area contributed by atoms with Gasteiger partial charge in [0.15, 0.2) is 6.61 Å². The third-order valence-corrected chi connectivity index (χ3v) is 7.38. The molecule has 2 amide bonds. The first-order valence-electron chi connectivity index (χ1n) is 15.2. The summed E-state index contributed by atoms with van der Waals surface area (Å²) in [5.41, 5.74) is 0.841. The van der Waals surface area contributed by atoms with E-state index in [4.69, 9.17) is 21.1 Å². The number of ketones is 1. The second-order valence-electron chi connectivity index (χ2n) is 11.8. The maximum absolute atomic E-state index is 13.1. The molecule has 1 aromatic heterocycles. The number of hydrogen-bond acceptors (Lipinski definition) is 11. The van der Waals surface area contributed by atoms with E-state index in [0.29, 0.717) is 23.6 Å². The van der Waals surface area contributed by atoms with Crippen LogP contribution in [0.2, 0.25) is 5.02 Å². The molecule has 13 nitrogen and oxygen atoms in total. The number of alkyl halides is 3. The topological polar surface area (TPSA) is 165 Å². The molecule has 1 atom stereocenters. The molecule has 1 saturated carbocycles. The number of nitrogens with zero attached hydrogens (tertiary/aromatic N) is 4. The Morgan fingerprint density at radius 3 is 2.16 bits per heavy atom. The highest BCUT2D eigenvalue weighted by atomic mass is 35.5. The van der Waals surface area contributed by atoms with E-state index in [2.05, 4.69) is 30.9 Å². The molecule has 3 N–H and O–H groups in total. The lowest BCUT2D eigenvalue weighted by Gasteiger charge is -2.19. The number of benzene rings is 2. The Balaban J connectivity index is 1.49. The molecule has 0 spiro atoms. The van der Waals surface area contributed by atoms with Crippen LogP contribution in [0, 0.1) is 0 Å². The van der Waals surface area contributed by atoms with E-state index in [1.807, 2.05) is 12.1 Å². The summed E-state index contributed by atoms with van der Waals surface area (Å²) in [7, 11) is 2.85. The molecular formula is C32H35ClF3N7O6. The van der Waals surface area contributed by atoms with E-state index in [9.17, 15) is 32.3 Å². The molecule has 2 aromatic carbocycles. The summed E-state index contributed by atoms with van der Waals surface area (Å²) in [6, 6.07) is 11.2. The van der Waals surface area contributed by atoms with Gasteiger partial charge in [0.2, 0.25) is 17.7 Å². The number of aromatic nitrogens is 3. The van der Waals surface area contributed by atoms with Gasteiger partial charge in [0.25, 0.3) is 11.8 Å². The number of nitrogens with one attached hydrogen (secondary N) is 3. The highest BCUT2D eigenvalue weighted by Crippen LogP contribution is 2.48. The number of halogens is 4. The molecule has 0 bridgehead atoms. The molecular weight excluding hydrogens is 671 g/mol. The molecule has 1 heterocycles. The van der Waals surface area contributed by atoms with Gasteiger partial charge < -0.3 is 30.3 Å². The first-order chi connectivity index (χ1) is 23.0. The molecule has 3 aromatic rings. The average Bonchev–Trinajstić information content (AvgIpc) is 3.81. The molecule has 0 radical (unpaired) electrons. The summed E-state index contributed by atoms with van der Waals surface area (Å²) in [6.07, 6.45) is -4.15. The molecule has 262 valence electrons. The van der Waals surface area contributed by atoms with Crippen LogP contribution in [0.1, 0.15) is 55.5 Å². The lowest BCUT2D eigenvalue weighted by Crippen LogP contribution is -2.43. The summed E-state index contributed by atoms with van der Waals surface area (Å²) in [5, 5.41) is 9.16. The molecule has 0 unspecified atom stereocenters. The number of carbonyl (C=O) groups excluding carboxylic acids is 4. The van der Waals surface area contributed by atoms with Crippen LogP contribution in [-0.4, -0.2) is 82.4 Å². The summed E-state index contributed by atoms with van der Waals surface area (Å²) >= 11 is 6.02. The van der Waals surface area contributed by atoms with Crippen molar-refractivity contribution in [3.05, 3.63) is 64.7 Å². The molecule has 0 aliphatic heterocycles. The highest BCUT2D eigenvalue weighted by molar-refractivity contribution is 6.35. The first-order valence-corrected chi connectivity index (χ1v) is 15.5. The molecule has 1 aliphatic rings. The third-order valence-electron chi connectivity index (χ3n) is 7.13. The zero-order valence-corrected chi connectivity index (χ0v) is 27.8. The second kappa shape index (κ2) is 15.5. The van der Waals surface area contributed by atoms with Gasteiger partial charge in [-0.2, -0.15) is 28.1 Å². The SMILES string of the molecule is CC(C)OC(=O)[C@H](CCC(=O)C(=O)N(C)C)NC(=O)c1ccc(Nc2nc(NC3(c4ccc(Cl)cc4)CC3)nc(OCC(F)(F)F)n2)cc1. The van der Waals surface area contributed by atoms with Crippen molar-refractivity contribution in [2.45, 2.75) is 63.4 Å². The van der Waals surface area contributed by atoms with Gasteiger partial charge in [0.05, 0.1) is 11.6 Å². The van der Waals surface area contributed by atoms with Crippen LogP contribution in [-0.2, 0) is 24.7 Å². The fraction of sp³-hybridized carbons (Fsp3) is 0.406. The van der Waals surface area contributed by atoms with E-state index in [-0.39, 0.29) is 30.3 Å². The van der Waals surface area contributed by atoms with Crippen LogP contribution in [0.5, 0.6) is 6.01 Å². The van der Waals surface area contributed by atoms with Crippen LogP contribution in [0.3, 0.4) is 0 Å². The number of rotatable bonds is 15. The monoisotopic (exact) mass is 705 g/mol. The third kappa shape index (κ3) is 10.8. The van der Waals surface area contributed by atoms with Crippen LogP contribution < -0.4 is 20.7 Å². The van der Waals surface area contributed by atoms with Crippen LogP contribution in [0.4, 0.5) is 30.8 Å². The highest BCUT2D eigenvalue weighted by Gasteiger charge is 2.45. The van der Waals surface area contributed by atoms with Gasteiger partial charge in [-0.25, -0.2) is 4.79 Å². The number of Topliss-reactive ketones (excluding diaryl/α,β-unsaturated/α-hetero) is 1. The quantitative estimate of drug-likeness (QED) is 0.147. The number of amides is 2. The van der Waals surface area contributed by atoms with Crippen molar-refractivity contribution in [3.8, 4) is 6.01 Å². The van der Waals surface area contributed by atoms with Crippen molar-refractivity contribution in [3.63, 3.8) is 0 Å². The first kappa shape index (κ1) is 36.8. The van der Waals surface area contributed by atoms with E-state index in [1.54, 1.807) is 26.0 Å². The van der Waals surface area contributed by atoms with Crippen molar-refractivity contribution in [1.82, 2.24) is 25.2 Å². The average molecular weight is 706 g/mol. The van der Waals surface area contributed by atoms with E-state index in [1.165, 1.54) is 38.4 Å². The molecule has 49 heavy (non-hydrogen) atoms. The van der Waals surface area contributed by atoms with Gasteiger partial charge in [-0.3, -0.25) is 14.4 Å². The largest absolute Gasteiger partial charge is 0.461 e. The number of hydrogen-bond donors (Lipinski definition) is 3. The van der Waals surface area contributed by atoms with Crippen molar-refractivity contribution < 1.29 is 41.8 Å². The minimum atomic E-state index is -4.63. The van der Waals surface area contributed by atoms with Crippen molar-refractivity contribution >= 4 is 52.8 Å². The van der Waals surface area contributed by atoms with Crippen LogP contribution in [0.15, 0.2) is 48.5 Å². The van der Waals surface area contributed by atoms with E-state index < -0.39 is 60.0 Å². The molecule has 0 saturated heterocycles. The standard InChI is InChI=1S/C32H35ClF3N7O6/c1-18(2)49-27(47)23(13-14-24(44)26(46)43(3)4)38-25(45)19-5-11-22(12-6-19)37-28-39-29(41-30(40-28)48-17-32(34,35)36)42-31(15-16-31)20-7-9-21(33)10-8-20/h5-12,18,23H,13-17H2,1-4H3,(H,38,45)(H2,37,39,40,41,42)/t23-/m0/s1. The van der Waals surface area contributed by atoms with Crippen LogP contribution >= 0.6 is 11.6 Å². The van der Waals surface area contributed by atoms with Gasteiger partial charge in [0.1, 0.15) is 6.04 Å². The smallest absolute Gasteiger partial charge is 0.422 e. The number of anilines is 3. The fourth-order valence-electron chi connectivity index (χ4n) is 4.54. The minimum Gasteiger partial charge on any atom is -0.461 e. The fourth-order valence-corrected chi connectivity index (χ4v) is 4.67. The summed E-state index contributed by atoms with van der Waals surface area (Å²) in [4.78, 5) is 63.3. The maximum Gasteiger partial charge on any atom is 0.422 e. The van der Waals surface area contributed by atoms with Gasteiger partial charge >= 0.3 is 18.2 Å². The molecule has 1 aliphatic carbocycles. The predicted octanol–water partition coefficient (Wildman–Crippen LogP) is 4.80. The number of ether oxygens (including phenoxy) is 2. The zero-order valence-electron chi connectivity index (χ0n) is 27.1. The number of esters is 1. The van der Waals surface area contributed by atoms with Crippen molar-refractivity contribution in [1.29, 1.82) is 0 Å². The normalized spacial score (nSPS) is 14.0. The van der Waals surface area contributed by atoms with Crippen molar-refractivity contribution in [2.24, 2.45) is 0 Å². The molecule has 1 fully saturated rings. The van der Waals surface area contributed by atoms with E-state index >= 15 is 0 Å². The van der Waals surface area contributed by atoms with E-state index in [0.717, 1.165) is 10.5 Å². The molecule has 4 rings (SSSR count). The number of carbonyl (C=O) groups is 4. The maximum atomic E-state index is 13.1. The summed E-state index contributed by atoms with van der Waals surface area (Å²) < 4.78 is 48.8. The predicted molar refractivity (Wildman–Crippen MR) is 173 cm³/mol. The number of likely N-dealkylation sites (N-methyl/N-ethyl adjacent to an activating group) is 1. The second-order valence-corrected chi connectivity index (χ2v) is 12.2. The Morgan fingerprint density at radius 1 is 0.959 bits per heavy atom. The minimum absolute atomic E-state index is 0.0248. The summed E-state index contributed by atoms with van der Waals surface area (Å²) in [6.45, 7) is 1.64. The van der Waals surface area contributed by atoms with Crippen molar-refractivity contribution in [2.75, 3.05) is 31.3 Å². The van der Waals surface area contributed by atoms with Gasteiger partial charge in [0, 0.05) is 36.8 Å². The Labute approximate surface area is 284 Å². The Kier molecular flexibility index (Phi) is 11.6. The Bertz CT molecular complexity index is 1670. The van der Waals surface area contributed by atoms with Gasteiger partial charge in [-0.05, 0) is 75.1 Å². The summed E-state index contributed by atoms with van der Waals surface area (Å²) in [5.74, 6) is -3.04. The lowest BCUT2D eigenvalue weighted by molar-refractivity contribution is -0.154.